The molecule has 0 amide bonds. The lowest BCUT2D eigenvalue weighted by molar-refractivity contribution is -0.150. The van der Waals surface area contributed by atoms with E-state index in [1.54, 1.807) is 6.92 Å². The number of hydrogen-bond acceptors (Lipinski definition) is 6. The summed E-state index contributed by atoms with van der Waals surface area (Å²) in [5.41, 5.74) is 0.600. The average Bonchev–Trinajstić information content (AvgIpc) is 2.38. The SMILES string of the molecule is C=C(C)C(=O)OCCCC(=O)OCCOC(=O)C(=C)C. The van der Waals surface area contributed by atoms with Gasteiger partial charge in [-0.05, 0) is 20.3 Å². The summed E-state index contributed by atoms with van der Waals surface area (Å²) < 4.78 is 14.4. The zero-order valence-electron chi connectivity index (χ0n) is 11.9. The van der Waals surface area contributed by atoms with Gasteiger partial charge in [-0.1, -0.05) is 13.2 Å². The van der Waals surface area contributed by atoms with Crippen LogP contribution in [0.2, 0.25) is 0 Å². The molecule has 0 unspecified atom stereocenters. The van der Waals surface area contributed by atoms with Gasteiger partial charge in [0.25, 0.3) is 0 Å². The Morgan fingerprint density at radius 3 is 1.75 bits per heavy atom. The molecule has 6 heteroatoms. The molecule has 20 heavy (non-hydrogen) atoms. The lowest BCUT2D eigenvalue weighted by atomic mass is 10.3. The molecule has 0 fully saturated rings. The molecule has 0 rings (SSSR count). The van der Waals surface area contributed by atoms with Gasteiger partial charge in [0.1, 0.15) is 13.2 Å². The number of rotatable bonds is 9. The Morgan fingerprint density at radius 2 is 1.25 bits per heavy atom. The second kappa shape index (κ2) is 9.77. The fraction of sp³-hybridized carbons (Fsp3) is 0.500. The molecule has 6 nitrogen and oxygen atoms in total. The first kappa shape index (κ1) is 17.9. The maximum Gasteiger partial charge on any atom is 0.333 e. The summed E-state index contributed by atoms with van der Waals surface area (Å²) in [5.74, 6) is -1.44. The van der Waals surface area contributed by atoms with Crippen LogP contribution in [0.25, 0.3) is 0 Å². The summed E-state index contributed by atoms with van der Waals surface area (Å²) in [6, 6.07) is 0. The summed E-state index contributed by atoms with van der Waals surface area (Å²) in [7, 11) is 0. The van der Waals surface area contributed by atoms with E-state index in [-0.39, 0.29) is 31.8 Å². The van der Waals surface area contributed by atoms with E-state index in [1.807, 2.05) is 0 Å². The highest BCUT2D eigenvalue weighted by Crippen LogP contribution is 1.98. The second-order valence-corrected chi connectivity index (χ2v) is 4.16. The van der Waals surface area contributed by atoms with Crippen LogP contribution in [0.15, 0.2) is 24.3 Å². The fourth-order valence-electron chi connectivity index (χ4n) is 0.990. The third-order valence-corrected chi connectivity index (χ3v) is 2.03. The molecule has 0 radical (unpaired) electrons. The maximum atomic E-state index is 11.3. The summed E-state index contributed by atoms with van der Waals surface area (Å²) in [5, 5.41) is 0. The fourth-order valence-corrected chi connectivity index (χ4v) is 0.990. The van der Waals surface area contributed by atoms with Crippen LogP contribution in [0.3, 0.4) is 0 Å². The Bertz CT molecular complexity index is 360. The Labute approximate surface area is 118 Å². The van der Waals surface area contributed by atoms with Crippen LogP contribution < -0.4 is 0 Å². The molecule has 0 bridgehead atoms. The highest BCUT2D eigenvalue weighted by atomic mass is 16.6. The Hall–Kier alpha value is -2.11. The molecule has 0 aliphatic carbocycles. The minimum atomic E-state index is -0.521. The smallest absolute Gasteiger partial charge is 0.333 e. The van der Waals surface area contributed by atoms with Crippen LogP contribution in [0.4, 0.5) is 0 Å². The van der Waals surface area contributed by atoms with Gasteiger partial charge in [0.05, 0.1) is 6.61 Å². The minimum Gasteiger partial charge on any atom is -0.462 e. The second-order valence-electron chi connectivity index (χ2n) is 4.16. The highest BCUT2D eigenvalue weighted by molar-refractivity contribution is 5.87. The Kier molecular flexibility index (Phi) is 8.74. The normalized spacial score (nSPS) is 9.50. The number of hydrogen-bond donors (Lipinski definition) is 0. The molecule has 0 N–H and O–H groups in total. The van der Waals surface area contributed by atoms with Gasteiger partial charge in [-0.15, -0.1) is 0 Å². The average molecular weight is 284 g/mol. The summed E-state index contributed by atoms with van der Waals surface area (Å²) in [6.07, 6.45) is 0.487. The number of ether oxygens (including phenoxy) is 3. The van der Waals surface area contributed by atoms with Gasteiger partial charge in [-0.2, -0.15) is 0 Å². The van der Waals surface area contributed by atoms with Crippen molar-refractivity contribution in [2.45, 2.75) is 26.7 Å². The third kappa shape index (κ3) is 8.91. The Morgan fingerprint density at radius 1 is 0.800 bits per heavy atom. The van der Waals surface area contributed by atoms with Crippen molar-refractivity contribution in [1.82, 2.24) is 0 Å². The maximum absolute atomic E-state index is 11.3. The molecule has 0 aromatic rings. The quantitative estimate of drug-likeness (QED) is 0.276. The van der Waals surface area contributed by atoms with Crippen LogP contribution in [0, 0.1) is 0 Å². The van der Waals surface area contributed by atoms with E-state index in [4.69, 9.17) is 14.2 Å². The van der Waals surface area contributed by atoms with Gasteiger partial charge in [-0.3, -0.25) is 4.79 Å². The zero-order chi connectivity index (χ0) is 15.5. The summed E-state index contributed by atoms with van der Waals surface area (Å²) in [4.78, 5) is 33.3. The number of esters is 3. The lowest BCUT2D eigenvalue weighted by Crippen LogP contribution is -2.14. The molecule has 0 aliphatic heterocycles. The molecule has 0 atom stereocenters. The topological polar surface area (TPSA) is 78.9 Å². The molecular formula is C14H20O6. The molecule has 0 heterocycles. The van der Waals surface area contributed by atoms with Crippen LogP contribution >= 0.6 is 0 Å². The largest absolute Gasteiger partial charge is 0.462 e. The molecule has 112 valence electrons. The van der Waals surface area contributed by atoms with Gasteiger partial charge in [0.2, 0.25) is 0 Å². The zero-order valence-corrected chi connectivity index (χ0v) is 11.9. The first-order chi connectivity index (χ1) is 9.34. The third-order valence-electron chi connectivity index (χ3n) is 2.03. The van der Waals surface area contributed by atoms with E-state index in [1.165, 1.54) is 6.92 Å². The molecular weight excluding hydrogens is 264 g/mol. The standard InChI is InChI=1S/C14H20O6/c1-10(2)13(16)19-7-5-6-12(15)18-8-9-20-14(17)11(3)4/h1,3,5-9H2,2,4H3. The van der Waals surface area contributed by atoms with Crippen molar-refractivity contribution in [2.75, 3.05) is 19.8 Å². The summed E-state index contributed by atoms with van der Waals surface area (Å²) in [6.45, 7) is 10.0. The Balaban J connectivity index is 3.55. The number of carbonyl (C=O) groups excluding carboxylic acids is 3. The van der Waals surface area contributed by atoms with Gasteiger partial charge in [0, 0.05) is 17.6 Å². The molecule has 0 aliphatic rings. The van der Waals surface area contributed by atoms with Gasteiger partial charge in [-0.25, -0.2) is 9.59 Å². The van der Waals surface area contributed by atoms with Gasteiger partial charge >= 0.3 is 17.9 Å². The van der Waals surface area contributed by atoms with Crippen LogP contribution in [0.5, 0.6) is 0 Å². The van der Waals surface area contributed by atoms with Crippen molar-refractivity contribution in [3.8, 4) is 0 Å². The van der Waals surface area contributed by atoms with E-state index in [0.29, 0.717) is 12.0 Å². The van der Waals surface area contributed by atoms with Crippen molar-refractivity contribution < 1.29 is 28.6 Å². The van der Waals surface area contributed by atoms with Crippen molar-refractivity contribution in [2.24, 2.45) is 0 Å². The van der Waals surface area contributed by atoms with Crippen molar-refractivity contribution in [3.63, 3.8) is 0 Å². The highest BCUT2D eigenvalue weighted by Gasteiger charge is 2.07. The van der Waals surface area contributed by atoms with E-state index in [2.05, 4.69) is 13.2 Å². The predicted molar refractivity (Wildman–Crippen MR) is 71.7 cm³/mol. The van der Waals surface area contributed by atoms with Crippen LogP contribution in [-0.2, 0) is 28.6 Å². The van der Waals surface area contributed by atoms with E-state index in [0.717, 1.165) is 0 Å². The van der Waals surface area contributed by atoms with Crippen molar-refractivity contribution in [3.05, 3.63) is 24.3 Å². The molecule has 0 aromatic carbocycles. The molecule has 0 aromatic heterocycles. The van der Waals surface area contributed by atoms with Crippen molar-refractivity contribution >= 4 is 17.9 Å². The number of carbonyl (C=O) groups is 3. The van der Waals surface area contributed by atoms with Gasteiger partial charge in [0.15, 0.2) is 0 Å². The van der Waals surface area contributed by atoms with Gasteiger partial charge < -0.3 is 14.2 Å². The van der Waals surface area contributed by atoms with E-state index in [9.17, 15) is 14.4 Å². The predicted octanol–water partition coefficient (Wildman–Crippen LogP) is 1.55. The summed E-state index contributed by atoms with van der Waals surface area (Å²) >= 11 is 0. The first-order valence-corrected chi connectivity index (χ1v) is 6.15. The first-order valence-electron chi connectivity index (χ1n) is 6.15. The van der Waals surface area contributed by atoms with Crippen molar-refractivity contribution in [1.29, 1.82) is 0 Å². The minimum absolute atomic E-state index is 0.0105. The monoisotopic (exact) mass is 284 g/mol. The molecule has 0 saturated carbocycles. The van der Waals surface area contributed by atoms with E-state index < -0.39 is 17.9 Å². The molecule has 0 saturated heterocycles. The van der Waals surface area contributed by atoms with Crippen LogP contribution in [0.1, 0.15) is 26.7 Å². The van der Waals surface area contributed by atoms with Crippen LogP contribution in [-0.4, -0.2) is 37.7 Å². The van der Waals surface area contributed by atoms with E-state index >= 15 is 0 Å². The molecule has 0 spiro atoms. The lowest BCUT2D eigenvalue weighted by Gasteiger charge is -2.06.